The van der Waals surface area contributed by atoms with Crippen molar-refractivity contribution in [3.63, 3.8) is 0 Å². The molecule has 1 unspecified atom stereocenters. The highest BCUT2D eigenvalue weighted by molar-refractivity contribution is 5.21. The zero-order chi connectivity index (χ0) is 14.4. The third-order valence-corrected chi connectivity index (χ3v) is 3.91. The van der Waals surface area contributed by atoms with Crippen LogP contribution < -0.4 is 5.32 Å². The molecule has 1 atom stereocenters. The van der Waals surface area contributed by atoms with Crippen LogP contribution in [-0.4, -0.2) is 30.6 Å². The van der Waals surface area contributed by atoms with E-state index in [1.54, 1.807) is 12.1 Å². The largest absolute Gasteiger partial charge is 0.309 e. The van der Waals surface area contributed by atoms with Crippen molar-refractivity contribution in [2.75, 3.05) is 19.6 Å². The van der Waals surface area contributed by atoms with E-state index in [0.717, 1.165) is 44.1 Å². The highest BCUT2D eigenvalue weighted by Crippen LogP contribution is 2.29. The van der Waals surface area contributed by atoms with Gasteiger partial charge in [-0.05, 0) is 44.8 Å². The molecule has 0 aliphatic heterocycles. The molecule has 0 radical (unpaired) electrons. The summed E-state index contributed by atoms with van der Waals surface area (Å²) in [5.74, 6) is -0.0895. The molecular weight excluding hydrogens is 251 g/mol. The maximum atomic E-state index is 14.1. The van der Waals surface area contributed by atoms with Crippen molar-refractivity contribution in [1.29, 1.82) is 0 Å². The fraction of sp³-hybridized carbons (Fsp3) is 0.647. The van der Waals surface area contributed by atoms with Crippen LogP contribution in [0.15, 0.2) is 24.3 Å². The highest BCUT2D eigenvalue weighted by atomic mass is 19.1. The van der Waals surface area contributed by atoms with Gasteiger partial charge in [0.25, 0.3) is 0 Å². The molecule has 2 nitrogen and oxygen atoms in total. The van der Waals surface area contributed by atoms with Gasteiger partial charge in [-0.25, -0.2) is 4.39 Å². The number of nitrogens with zero attached hydrogens (tertiary/aromatic N) is 1. The third kappa shape index (κ3) is 4.29. The maximum Gasteiger partial charge on any atom is 0.128 e. The molecule has 1 N–H and O–H groups in total. The summed E-state index contributed by atoms with van der Waals surface area (Å²) in [5.41, 5.74) is 0.808. The second-order valence-electron chi connectivity index (χ2n) is 5.75. The Morgan fingerprint density at radius 2 is 2.00 bits per heavy atom. The van der Waals surface area contributed by atoms with Crippen LogP contribution >= 0.6 is 0 Å². The zero-order valence-electron chi connectivity index (χ0n) is 12.7. The summed E-state index contributed by atoms with van der Waals surface area (Å²) in [6, 6.07) is 8.01. The topological polar surface area (TPSA) is 15.3 Å². The number of rotatable bonds is 9. The summed E-state index contributed by atoms with van der Waals surface area (Å²) in [6.07, 6.45) is 4.84. The summed E-state index contributed by atoms with van der Waals surface area (Å²) in [4.78, 5) is 2.53. The standard InChI is InChI=1S/C17H27FN2/c1-3-11-19-17(15-7-5-6-8-16(15)18)13-20(12-4-2)14-9-10-14/h5-8,14,17,19H,3-4,9-13H2,1-2H3. The molecule has 0 spiro atoms. The molecule has 20 heavy (non-hydrogen) atoms. The molecule has 1 aromatic carbocycles. The lowest BCUT2D eigenvalue weighted by atomic mass is 10.0. The molecule has 0 saturated heterocycles. The lowest BCUT2D eigenvalue weighted by Crippen LogP contribution is -2.37. The molecule has 2 rings (SSSR count). The van der Waals surface area contributed by atoms with Gasteiger partial charge in [-0.15, -0.1) is 0 Å². The van der Waals surface area contributed by atoms with Crippen LogP contribution in [0.3, 0.4) is 0 Å². The number of halogens is 1. The first-order chi connectivity index (χ1) is 9.76. The molecule has 1 fully saturated rings. The summed E-state index contributed by atoms with van der Waals surface area (Å²) < 4.78 is 14.1. The average molecular weight is 278 g/mol. The maximum absolute atomic E-state index is 14.1. The Kier molecular flexibility index (Phi) is 5.99. The van der Waals surface area contributed by atoms with Gasteiger partial charge in [-0.1, -0.05) is 32.0 Å². The molecule has 1 saturated carbocycles. The number of benzene rings is 1. The van der Waals surface area contributed by atoms with Crippen LogP contribution in [0.4, 0.5) is 4.39 Å². The van der Waals surface area contributed by atoms with Gasteiger partial charge in [0.2, 0.25) is 0 Å². The normalized spacial score (nSPS) is 16.6. The van der Waals surface area contributed by atoms with E-state index >= 15 is 0 Å². The predicted molar refractivity (Wildman–Crippen MR) is 82.3 cm³/mol. The molecule has 1 aliphatic rings. The van der Waals surface area contributed by atoms with E-state index in [1.807, 2.05) is 12.1 Å². The first-order valence-electron chi connectivity index (χ1n) is 7.98. The molecule has 0 heterocycles. The zero-order valence-corrected chi connectivity index (χ0v) is 12.7. The lowest BCUT2D eigenvalue weighted by Gasteiger charge is -2.28. The second kappa shape index (κ2) is 7.75. The minimum absolute atomic E-state index is 0.0895. The SMILES string of the molecule is CCCNC(CN(CCC)C1CC1)c1ccccc1F. The van der Waals surface area contributed by atoms with Crippen LogP contribution in [0, 0.1) is 5.82 Å². The average Bonchev–Trinajstić information content (AvgIpc) is 3.28. The first-order valence-corrected chi connectivity index (χ1v) is 7.98. The van der Waals surface area contributed by atoms with Gasteiger partial charge in [0.15, 0.2) is 0 Å². The molecule has 0 amide bonds. The monoisotopic (exact) mass is 278 g/mol. The second-order valence-corrected chi connectivity index (χ2v) is 5.75. The van der Waals surface area contributed by atoms with Crippen molar-refractivity contribution >= 4 is 0 Å². The Bertz CT molecular complexity index is 404. The summed E-state index contributed by atoms with van der Waals surface area (Å²) >= 11 is 0. The molecule has 0 bridgehead atoms. The Morgan fingerprint density at radius 1 is 1.25 bits per heavy atom. The van der Waals surface area contributed by atoms with Gasteiger partial charge in [0, 0.05) is 24.2 Å². The summed E-state index contributed by atoms with van der Waals surface area (Å²) in [5, 5.41) is 3.52. The lowest BCUT2D eigenvalue weighted by molar-refractivity contribution is 0.231. The number of hydrogen-bond acceptors (Lipinski definition) is 2. The van der Waals surface area contributed by atoms with E-state index in [2.05, 4.69) is 24.1 Å². The van der Waals surface area contributed by atoms with Gasteiger partial charge >= 0.3 is 0 Å². The minimum Gasteiger partial charge on any atom is -0.309 e. The van der Waals surface area contributed by atoms with E-state index in [4.69, 9.17) is 0 Å². The molecule has 0 aromatic heterocycles. The first kappa shape index (κ1) is 15.5. The van der Waals surface area contributed by atoms with Gasteiger partial charge in [-0.2, -0.15) is 0 Å². The van der Waals surface area contributed by atoms with Crippen LogP contribution in [0.2, 0.25) is 0 Å². The smallest absolute Gasteiger partial charge is 0.128 e. The fourth-order valence-electron chi connectivity index (χ4n) is 2.73. The summed E-state index contributed by atoms with van der Waals surface area (Å²) in [7, 11) is 0. The van der Waals surface area contributed by atoms with Crippen LogP contribution in [-0.2, 0) is 0 Å². The Labute approximate surface area is 122 Å². The molecule has 112 valence electrons. The van der Waals surface area contributed by atoms with Gasteiger partial charge < -0.3 is 5.32 Å². The van der Waals surface area contributed by atoms with Crippen molar-refractivity contribution in [3.05, 3.63) is 35.6 Å². The molecule has 1 aromatic rings. The van der Waals surface area contributed by atoms with E-state index in [1.165, 1.54) is 12.8 Å². The minimum atomic E-state index is -0.0895. The Morgan fingerprint density at radius 3 is 2.60 bits per heavy atom. The van der Waals surface area contributed by atoms with Crippen molar-refractivity contribution in [2.45, 2.75) is 51.6 Å². The van der Waals surface area contributed by atoms with Crippen molar-refractivity contribution in [2.24, 2.45) is 0 Å². The molecule has 1 aliphatic carbocycles. The van der Waals surface area contributed by atoms with Gasteiger partial charge in [0.1, 0.15) is 5.82 Å². The van der Waals surface area contributed by atoms with Crippen molar-refractivity contribution < 1.29 is 4.39 Å². The Balaban J connectivity index is 2.08. The number of hydrogen-bond donors (Lipinski definition) is 1. The predicted octanol–water partition coefficient (Wildman–Crippen LogP) is 3.74. The van der Waals surface area contributed by atoms with Crippen LogP contribution in [0.1, 0.15) is 51.1 Å². The van der Waals surface area contributed by atoms with Crippen LogP contribution in [0.25, 0.3) is 0 Å². The van der Waals surface area contributed by atoms with E-state index < -0.39 is 0 Å². The van der Waals surface area contributed by atoms with E-state index in [9.17, 15) is 4.39 Å². The quantitative estimate of drug-likeness (QED) is 0.740. The third-order valence-electron chi connectivity index (χ3n) is 3.91. The van der Waals surface area contributed by atoms with E-state index in [0.29, 0.717) is 0 Å². The molecule has 3 heteroatoms. The summed E-state index contributed by atoms with van der Waals surface area (Å²) in [6.45, 7) is 7.33. The van der Waals surface area contributed by atoms with Crippen LogP contribution in [0.5, 0.6) is 0 Å². The highest BCUT2D eigenvalue weighted by Gasteiger charge is 2.30. The van der Waals surface area contributed by atoms with E-state index in [-0.39, 0.29) is 11.9 Å². The molecular formula is C17H27FN2. The van der Waals surface area contributed by atoms with Gasteiger partial charge in [-0.3, -0.25) is 4.90 Å². The number of nitrogens with one attached hydrogen (secondary N) is 1. The van der Waals surface area contributed by atoms with Gasteiger partial charge in [0.05, 0.1) is 0 Å². The van der Waals surface area contributed by atoms with Crippen molar-refractivity contribution in [1.82, 2.24) is 10.2 Å². The fourth-order valence-corrected chi connectivity index (χ4v) is 2.73. The Hall–Kier alpha value is -0.930. The van der Waals surface area contributed by atoms with Crippen molar-refractivity contribution in [3.8, 4) is 0 Å².